The molecule has 0 aliphatic carbocycles. The highest BCUT2D eigenvalue weighted by Gasteiger charge is 1.99. The molecule has 13 heavy (non-hydrogen) atoms. The molecule has 2 rings (SSSR count). The SMILES string of the molecule is COc1cc2cccc(I)c2cn1. The van der Waals surface area contributed by atoms with Gasteiger partial charge in [0.1, 0.15) is 0 Å². The fourth-order valence-corrected chi connectivity index (χ4v) is 1.88. The van der Waals surface area contributed by atoms with Crippen LogP contribution in [0.5, 0.6) is 5.88 Å². The zero-order valence-electron chi connectivity index (χ0n) is 7.12. The summed E-state index contributed by atoms with van der Waals surface area (Å²) in [6.07, 6.45) is 1.84. The molecule has 1 heterocycles. The van der Waals surface area contributed by atoms with Gasteiger partial charge in [-0.15, -0.1) is 0 Å². The smallest absolute Gasteiger partial charge is 0.213 e. The zero-order chi connectivity index (χ0) is 9.26. The van der Waals surface area contributed by atoms with Gasteiger partial charge in [-0.3, -0.25) is 0 Å². The number of fused-ring (bicyclic) bond motifs is 1. The average Bonchev–Trinajstić information content (AvgIpc) is 2.18. The van der Waals surface area contributed by atoms with Gasteiger partial charge in [0.2, 0.25) is 5.88 Å². The van der Waals surface area contributed by atoms with Gasteiger partial charge in [0.25, 0.3) is 0 Å². The Morgan fingerprint density at radius 1 is 1.38 bits per heavy atom. The Kier molecular flexibility index (Phi) is 2.35. The normalized spacial score (nSPS) is 10.3. The van der Waals surface area contributed by atoms with Crippen molar-refractivity contribution >= 4 is 33.4 Å². The molecule has 1 aromatic heterocycles. The predicted octanol–water partition coefficient (Wildman–Crippen LogP) is 2.85. The van der Waals surface area contributed by atoms with Crippen molar-refractivity contribution in [2.24, 2.45) is 0 Å². The van der Waals surface area contributed by atoms with Crippen molar-refractivity contribution in [3.63, 3.8) is 0 Å². The van der Waals surface area contributed by atoms with E-state index in [4.69, 9.17) is 4.74 Å². The summed E-state index contributed by atoms with van der Waals surface area (Å²) in [5.74, 6) is 0.662. The van der Waals surface area contributed by atoms with Crippen molar-refractivity contribution in [3.05, 3.63) is 34.0 Å². The first-order valence-electron chi connectivity index (χ1n) is 3.89. The lowest BCUT2D eigenvalue weighted by atomic mass is 10.2. The second kappa shape index (κ2) is 3.49. The first kappa shape index (κ1) is 8.74. The molecule has 2 aromatic rings. The molecule has 0 aliphatic heterocycles. The Labute approximate surface area is 90.1 Å². The molecule has 0 amide bonds. The van der Waals surface area contributed by atoms with Crippen LogP contribution in [0.15, 0.2) is 30.5 Å². The summed E-state index contributed by atoms with van der Waals surface area (Å²) in [5, 5.41) is 2.34. The quantitative estimate of drug-likeness (QED) is 0.752. The first-order chi connectivity index (χ1) is 6.31. The van der Waals surface area contributed by atoms with Crippen LogP contribution in [0.1, 0.15) is 0 Å². The second-order valence-corrected chi connectivity index (χ2v) is 3.85. The molecular formula is C10H8INO. The Morgan fingerprint density at radius 3 is 3.00 bits per heavy atom. The standard InChI is InChI=1S/C10H8INO/c1-13-10-5-7-3-2-4-9(11)8(7)6-12-10/h2-6H,1H3. The van der Waals surface area contributed by atoms with Crippen LogP contribution in [-0.4, -0.2) is 12.1 Å². The van der Waals surface area contributed by atoms with Gasteiger partial charge in [-0.25, -0.2) is 4.98 Å². The van der Waals surface area contributed by atoms with E-state index in [1.165, 1.54) is 14.3 Å². The number of hydrogen-bond acceptors (Lipinski definition) is 2. The maximum Gasteiger partial charge on any atom is 0.213 e. The van der Waals surface area contributed by atoms with E-state index in [0.717, 1.165) is 0 Å². The number of benzene rings is 1. The summed E-state index contributed by atoms with van der Waals surface area (Å²) < 4.78 is 6.26. The van der Waals surface area contributed by atoms with Gasteiger partial charge in [-0.2, -0.15) is 0 Å². The van der Waals surface area contributed by atoms with Crippen molar-refractivity contribution < 1.29 is 4.74 Å². The van der Waals surface area contributed by atoms with Crippen LogP contribution in [0, 0.1) is 3.57 Å². The minimum atomic E-state index is 0.662. The molecule has 3 heteroatoms. The predicted molar refractivity (Wildman–Crippen MR) is 61.0 cm³/mol. The van der Waals surface area contributed by atoms with Gasteiger partial charge in [-0.1, -0.05) is 12.1 Å². The van der Waals surface area contributed by atoms with E-state index in [1.54, 1.807) is 7.11 Å². The maximum absolute atomic E-state index is 5.05. The fourth-order valence-electron chi connectivity index (χ4n) is 1.23. The lowest BCUT2D eigenvalue weighted by Gasteiger charge is -2.02. The number of methoxy groups -OCH3 is 1. The third-order valence-corrected chi connectivity index (χ3v) is 2.84. The van der Waals surface area contributed by atoms with Crippen LogP contribution < -0.4 is 4.74 Å². The van der Waals surface area contributed by atoms with Crippen LogP contribution in [-0.2, 0) is 0 Å². The van der Waals surface area contributed by atoms with Gasteiger partial charge in [-0.05, 0) is 34.0 Å². The van der Waals surface area contributed by atoms with Crippen molar-refractivity contribution in [3.8, 4) is 5.88 Å². The van der Waals surface area contributed by atoms with E-state index in [2.05, 4.69) is 39.7 Å². The Balaban J connectivity index is 2.72. The number of pyridine rings is 1. The second-order valence-electron chi connectivity index (χ2n) is 2.69. The first-order valence-corrected chi connectivity index (χ1v) is 4.97. The molecule has 0 radical (unpaired) electrons. The molecule has 66 valence electrons. The van der Waals surface area contributed by atoms with Crippen LogP contribution >= 0.6 is 22.6 Å². The lowest BCUT2D eigenvalue weighted by Crippen LogP contribution is -1.87. The molecule has 0 atom stereocenters. The molecule has 0 saturated heterocycles. The molecule has 0 spiro atoms. The summed E-state index contributed by atoms with van der Waals surface area (Å²) in [4.78, 5) is 4.16. The molecule has 2 nitrogen and oxygen atoms in total. The van der Waals surface area contributed by atoms with Crippen LogP contribution in [0.2, 0.25) is 0 Å². The molecule has 0 saturated carbocycles. The van der Waals surface area contributed by atoms with E-state index < -0.39 is 0 Å². The van der Waals surface area contributed by atoms with Crippen molar-refractivity contribution in [2.75, 3.05) is 7.11 Å². The van der Waals surface area contributed by atoms with E-state index in [0.29, 0.717) is 5.88 Å². The van der Waals surface area contributed by atoms with Crippen LogP contribution in [0.3, 0.4) is 0 Å². The number of hydrogen-bond donors (Lipinski definition) is 0. The number of rotatable bonds is 1. The summed E-state index contributed by atoms with van der Waals surface area (Å²) in [6, 6.07) is 8.10. The molecule has 0 fully saturated rings. The topological polar surface area (TPSA) is 22.1 Å². The Bertz CT molecular complexity index is 442. The highest BCUT2D eigenvalue weighted by molar-refractivity contribution is 14.1. The van der Waals surface area contributed by atoms with Crippen molar-refractivity contribution in [2.45, 2.75) is 0 Å². The highest BCUT2D eigenvalue weighted by atomic mass is 127. The summed E-state index contributed by atoms with van der Waals surface area (Å²) in [7, 11) is 1.63. The van der Waals surface area contributed by atoms with Crippen molar-refractivity contribution in [1.29, 1.82) is 0 Å². The summed E-state index contributed by atoms with van der Waals surface area (Å²) in [6.45, 7) is 0. The Hall–Kier alpha value is -0.840. The van der Waals surface area contributed by atoms with Crippen molar-refractivity contribution in [1.82, 2.24) is 4.98 Å². The minimum absolute atomic E-state index is 0.662. The average molecular weight is 285 g/mol. The van der Waals surface area contributed by atoms with Gasteiger partial charge >= 0.3 is 0 Å². The van der Waals surface area contributed by atoms with E-state index in [-0.39, 0.29) is 0 Å². The maximum atomic E-state index is 5.05. The van der Waals surface area contributed by atoms with Gasteiger partial charge in [0.05, 0.1) is 7.11 Å². The Morgan fingerprint density at radius 2 is 2.23 bits per heavy atom. The van der Waals surface area contributed by atoms with E-state index >= 15 is 0 Å². The summed E-state index contributed by atoms with van der Waals surface area (Å²) in [5.41, 5.74) is 0. The van der Waals surface area contributed by atoms with Gasteiger partial charge in [0.15, 0.2) is 0 Å². The highest BCUT2D eigenvalue weighted by Crippen LogP contribution is 2.22. The number of halogens is 1. The number of nitrogens with zero attached hydrogens (tertiary/aromatic N) is 1. The van der Waals surface area contributed by atoms with Gasteiger partial charge in [0, 0.05) is 21.2 Å². The van der Waals surface area contributed by atoms with Crippen LogP contribution in [0.25, 0.3) is 10.8 Å². The third-order valence-electron chi connectivity index (χ3n) is 1.90. The molecule has 0 unspecified atom stereocenters. The van der Waals surface area contributed by atoms with E-state index in [1.807, 2.05) is 18.3 Å². The molecule has 0 aliphatic rings. The zero-order valence-corrected chi connectivity index (χ0v) is 9.28. The largest absolute Gasteiger partial charge is 0.481 e. The van der Waals surface area contributed by atoms with E-state index in [9.17, 15) is 0 Å². The number of aromatic nitrogens is 1. The fraction of sp³-hybridized carbons (Fsp3) is 0.100. The molecular weight excluding hydrogens is 277 g/mol. The van der Waals surface area contributed by atoms with Gasteiger partial charge < -0.3 is 4.74 Å². The third kappa shape index (κ3) is 1.60. The van der Waals surface area contributed by atoms with Crippen LogP contribution in [0.4, 0.5) is 0 Å². The molecule has 1 aromatic carbocycles. The molecule has 0 bridgehead atoms. The lowest BCUT2D eigenvalue weighted by molar-refractivity contribution is 0.399. The minimum Gasteiger partial charge on any atom is -0.481 e. The number of ether oxygens (including phenoxy) is 1. The monoisotopic (exact) mass is 285 g/mol. The molecule has 0 N–H and O–H groups in total. The summed E-state index contributed by atoms with van der Waals surface area (Å²) >= 11 is 2.30.